The van der Waals surface area contributed by atoms with Crippen molar-refractivity contribution in [1.82, 2.24) is 10.2 Å². The third-order valence-electron chi connectivity index (χ3n) is 5.63. The molecular formula is C27H29N3O4S. The highest BCUT2D eigenvalue weighted by Gasteiger charge is 2.41. The van der Waals surface area contributed by atoms with Gasteiger partial charge in [-0.05, 0) is 49.4 Å². The number of hydrogen-bond donors (Lipinski definition) is 1. The van der Waals surface area contributed by atoms with Crippen molar-refractivity contribution in [3.63, 3.8) is 0 Å². The van der Waals surface area contributed by atoms with Crippen LogP contribution in [0.4, 0.5) is 0 Å². The number of allylic oxidation sites excluding steroid dienone is 1. The Morgan fingerprint density at radius 1 is 1.11 bits per heavy atom. The second-order valence-corrected chi connectivity index (χ2v) is 8.93. The minimum atomic E-state index is -0.488. The zero-order chi connectivity index (χ0) is 24.8. The molecule has 35 heavy (non-hydrogen) atoms. The number of ether oxygens (including phenoxy) is 2. The fourth-order valence-electron chi connectivity index (χ4n) is 4.09. The van der Waals surface area contributed by atoms with Gasteiger partial charge in [-0.2, -0.15) is 0 Å². The Morgan fingerprint density at radius 3 is 2.66 bits per heavy atom. The molecule has 2 aliphatic rings. The molecule has 2 heterocycles. The first-order chi connectivity index (χ1) is 17.0. The Labute approximate surface area is 209 Å². The summed E-state index contributed by atoms with van der Waals surface area (Å²) in [6.45, 7) is 6.74. The maximum Gasteiger partial charge on any atom is 0.338 e. The molecule has 1 atom stereocenters. The lowest BCUT2D eigenvalue weighted by Gasteiger charge is -2.36. The van der Waals surface area contributed by atoms with Crippen molar-refractivity contribution in [1.29, 1.82) is 0 Å². The van der Waals surface area contributed by atoms with Crippen molar-refractivity contribution in [3.8, 4) is 5.75 Å². The van der Waals surface area contributed by atoms with E-state index in [2.05, 4.69) is 10.3 Å². The van der Waals surface area contributed by atoms with Crippen molar-refractivity contribution in [3.05, 3.63) is 88.1 Å². The van der Waals surface area contributed by atoms with Crippen LogP contribution in [0.3, 0.4) is 0 Å². The first kappa shape index (κ1) is 24.6. The van der Waals surface area contributed by atoms with Crippen LogP contribution in [0.5, 0.6) is 5.75 Å². The minimum Gasteiger partial charge on any atom is -0.489 e. The van der Waals surface area contributed by atoms with E-state index >= 15 is 0 Å². The van der Waals surface area contributed by atoms with E-state index < -0.39 is 12.0 Å². The third kappa shape index (κ3) is 5.59. The highest BCUT2D eigenvalue weighted by Crippen LogP contribution is 2.45. The van der Waals surface area contributed by atoms with Crippen LogP contribution in [0.25, 0.3) is 0 Å². The first-order valence-electron chi connectivity index (χ1n) is 11.7. The number of thioether (sulfide) groups is 1. The fourth-order valence-corrected chi connectivity index (χ4v) is 5.06. The number of nitrogens with one attached hydrogen (secondary N) is 1. The maximum absolute atomic E-state index is 13.1. The Kier molecular flexibility index (Phi) is 7.92. The van der Waals surface area contributed by atoms with Crippen LogP contribution >= 0.6 is 11.8 Å². The van der Waals surface area contributed by atoms with Crippen molar-refractivity contribution in [2.75, 3.05) is 13.2 Å². The molecule has 0 saturated heterocycles. The molecule has 0 aromatic heterocycles. The number of amidine groups is 1. The van der Waals surface area contributed by atoms with Crippen LogP contribution in [0.2, 0.25) is 0 Å². The number of fused-ring (bicyclic) bond motifs is 1. The van der Waals surface area contributed by atoms with Crippen LogP contribution in [0.15, 0.2) is 82.0 Å². The average molecular weight is 492 g/mol. The monoisotopic (exact) mass is 491 g/mol. The van der Waals surface area contributed by atoms with Crippen molar-refractivity contribution in [2.45, 2.75) is 39.8 Å². The standard InChI is InChI=1S/C27H29N3O4S/c1-4-28-23(31)15-21-17-35-27-29-18(3)24(26(32)33-5-2)25(30(21)27)20-12-9-13-22(14-20)34-16-19-10-7-6-8-11-19/h6-14,17,25H,4-5,15-16H2,1-3H3,(H,28,31). The number of rotatable bonds is 9. The quantitative estimate of drug-likeness (QED) is 0.501. The molecule has 4 rings (SSSR count). The summed E-state index contributed by atoms with van der Waals surface area (Å²) in [4.78, 5) is 32.2. The number of aliphatic imine (C=N–C) groups is 1. The highest BCUT2D eigenvalue weighted by atomic mass is 32.2. The number of esters is 1. The predicted molar refractivity (Wildman–Crippen MR) is 138 cm³/mol. The van der Waals surface area contributed by atoms with E-state index in [-0.39, 0.29) is 18.9 Å². The average Bonchev–Trinajstić information content (AvgIpc) is 3.24. The first-order valence-corrected chi connectivity index (χ1v) is 12.5. The number of amides is 1. The number of benzene rings is 2. The van der Waals surface area contributed by atoms with Gasteiger partial charge in [-0.15, -0.1) is 0 Å². The molecule has 0 spiro atoms. The molecule has 0 saturated carbocycles. The Bertz CT molecular complexity index is 1190. The molecule has 2 aliphatic heterocycles. The van der Waals surface area contributed by atoms with Gasteiger partial charge in [0, 0.05) is 12.2 Å². The van der Waals surface area contributed by atoms with Gasteiger partial charge in [-0.1, -0.05) is 54.2 Å². The highest BCUT2D eigenvalue weighted by molar-refractivity contribution is 8.16. The SMILES string of the molecule is CCNC(=O)CC1=CSC2=NC(C)=C(C(=O)OCC)C(c3cccc(OCc4ccccc4)c3)N12. The molecule has 0 bridgehead atoms. The molecule has 2 aromatic carbocycles. The van der Waals surface area contributed by atoms with Crippen LogP contribution < -0.4 is 10.1 Å². The second kappa shape index (κ2) is 11.3. The van der Waals surface area contributed by atoms with E-state index in [9.17, 15) is 9.59 Å². The fraction of sp³-hybridized carbons (Fsp3) is 0.296. The van der Waals surface area contributed by atoms with Gasteiger partial charge in [0.1, 0.15) is 12.4 Å². The molecule has 0 radical (unpaired) electrons. The van der Waals surface area contributed by atoms with E-state index in [4.69, 9.17) is 9.47 Å². The van der Waals surface area contributed by atoms with Gasteiger partial charge < -0.3 is 19.7 Å². The zero-order valence-corrected chi connectivity index (χ0v) is 20.9. The van der Waals surface area contributed by atoms with Crippen molar-refractivity contribution < 1.29 is 19.1 Å². The molecule has 0 aliphatic carbocycles. The smallest absolute Gasteiger partial charge is 0.338 e. The molecule has 182 valence electrons. The molecule has 8 heteroatoms. The van der Waals surface area contributed by atoms with E-state index in [1.807, 2.05) is 78.8 Å². The van der Waals surface area contributed by atoms with E-state index in [1.165, 1.54) is 11.8 Å². The van der Waals surface area contributed by atoms with Crippen molar-refractivity contribution in [2.24, 2.45) is 4.99 Å². The van der Waals surface area contributed by atoms with Gasteiger partial charge in [0.05, 0.1) is 30.3 Å². The normalized spacial score (nSPS) is 16.9. The summed E-state index contributed by atoms with van der Waals surface area (Å²) >= 11 is 1.45. The van der Waals surface area contributed by atoms with Crippen LogP contribution in [-0.2, 0) is 20.9 Å². The number of nitrogens with zero attached hydrogens (tertiary/aromatic N) is 2. The molecule has 2 aromatic rings. The number of carbonyl (C=O) groups is 2. The Morgan fingerprint density at radius 2 is 1.91 bits per heavy atom. The lowest BCUT2D eigenvalue weighted by atomic mass is 9.93. The largest absolute Gasteiger partial charge is 0.489 e. The third-order valence-corrected chi connectivity index (χ3v) is 6.52. The van der Waals surface area contributed by atoms with Gasteiger partial charge in [0.2, 0.25) is 5.91 Å². The van der Waals surface area contributed by atoms with E-state index in [0.29, 0.717) is 30.2 Å². The summed E-state index contributed by atoms with van der Waals surface area (Å²) in [5.74, 6) is 0.198. The van der Waals surface area contributed by atoms with Gasteiger partial charge >= 0.3 is 5.97 Å². The summed E-state index contributed by atoms with van der Waals surface area (Å²) in [7, 11) is 0. The predicted octanol–water partition coefficient (Wildman–Crippen LogP) is 4.93. The van der Waals surface area contributed by atoms with Crippen LogP contribution in [0, 0.1) is 0 Å². The summed E-state index contributed by atoms with van der Waals surface area (Å²) < 4.78 is 11.5. The van der Waals surface area contributed by atoms with Gasteiger partial charge in [0.25, 0.3) is 0 Å². The molecule has 7 nitrogen and oxygen atoms in total. The van der Waals surface area contributed by atoms with Gasteiger partial charge in [-0.3, -0.25) is 4.79 Å². The van der Waals surface area contributed by atoms with Crippen LogP contribution in [-0.4, -0.2) is 35.1 Å². The molecule has 1 amide bonds. The van der Waals surface area contributed by atoms with Gasteiger partial charge in [0.15, 0.2) is 5.17 Å². The summed E-state index contributed by atoms with van der Waals surface area (Å²) in [6, 6.07) is 17.2. The number of hydrogen-bond acceptors (Lipinski definition) is 7. The molecule has 1 unspecified atom stereocenters. The lowest BCUT2D eigenvalue weighted by Crippen LogP contribution is -2.38. The van der Waals surface area contributed by atoms with Gasteiger partial charge in [-0.25, -0.2) is 9.79 Å². The summed E-state index contributed by atoms with van der Waals surface area (Å²) in [6.07, 6.45) is 0.190. The molecule has 1 N–H and O–H groups in total. The van der Waals surface area contributed by atoms with Crippen molar-refractivity contribution >= 4 is 28.8 Å². The molecular weight excluding hydrogens is 462 g/mol. The summed E-state index contributed by atoms with van der Waals surface area (Å²) in [5, 5.41) is 5.51. The topological polar surface area (TPSA) is 80.2 Å². The Balaban J connectivity index is 1.69. The second-order valence-electron chi connectivity index (χ2n) is 8.09. The zero-order valence-electron chi connectivity index (χ0n) is 20.1. The van der Waals surface area contributed by atoms with E-state index in [0.717, 1.165) is 22.0 Å². The van der Waals surface area contributed by atoms with Crippen LogP contribution in [0.1, 0.15) is 44.4 Å². The lowest BCUT2D eigenvalue weighted by molar-refractivity contribution is -0.139. The molecule has 0 fully saturated rings. The Hall–Kier alpha value is -3.52. The maximum atomic E-state index is 13.1. The summed E-state index contributed by atoms with van der Waals surface area (Å²) in [5.41, 5.74) is 3.77. The number of carbonyl (C=O) groups excluding carboxylic acids is 2. The minimum absolute atomic E-state index is 0.0803. The van der Waals surface area contributed by atoms with E-state index in [1.54, 1.807) is 6.92 Å².